The number of rotatable bonds is 2. The Kier molecular flexibility index (Phi) is 3.28. The molecule has 6 nitrogen and oxygen atoms in total. The van der Waals surface area contributed by atoms with Gasteiger partial charge in [-0.05, 0) is 43.3 Å². The molecule has 0 N–H and O–H groups in total. The molecule has 0 radical (unpaired) electrons. The standard InChI is InChI=1S/C23H15N5O/c1-14-10-11-17-16-8-5-9-18(20(16)29-23(17)25-14)22-26-21-19(12-13-24-27-21)28(22)15-6-3-2-4-7-15/h2-13H,1H3. The fourth-order valence-corrected chi connectivity index (χ4v) is 3.80. The lowest BCUT2D eigenvalue weighted by molar-refractivity contribution is 0.653. The van der Waals surface area contributed by atoms with Gasteiger partial charge in [0, 0.05) is 22.2 Å². The van der Waals surface area contributed by atoms with Gasteiger partial charge >= 0.3 is 0 Å². The van der Waals surface area contributed by atoms with Gasteiger partial charge in [0.15, 0.2) is 5.82 Å². The van der Waals surface area contributed by atoms with E-state index in [1.165, 1.54) is 0 Å². The Morgan fingerprint density at radius 2 is 1.72 bits per heavy atom. The number of imidazole rings is 1. The lowest BCUT2D eigenvalue weighted by atomic mass is 10.1. The molecule has 4 aromatic heterocycles. The molecule has 0 aliphatic rings. The summed E-state index contributed by atoms with van der Waals surface area (Å²) < 4.78 is 8.29. The van der Waals surface area contributed by atoms with Crippen LogP contribution >= 0.6 is 0 Å². The van der Waals surface area contributed by atoms with Crippen LogP contribution in [-0.4, -0.2) is 24.7 Å². The zero-order chi connectivity index (χ0) is 19.4. The first kappa shape index (κ1) is 15.9. The highest BCUT2D eigenvalue weighted by Gasteiger charge is 2.20. The monoisotopic (exact) mass is 377 g/mol. The summed E-state index contributed by atoms with van der Waals surface area (Å²) in [5.74, 6) is 0.757. The Balaban J connectivity index is 1.73. The number of nitrogens with zero attached hydrogens (tertiary/aromatic N) is 5. The lowest BCUT2D eigenvalue weighted by Gasteiger charge is -2.09. The van der Waals surface area contributed by atoms with Crippen LogP contribution in [-0.2, 0) is 0 Å². The summed E-state index contributed by atoms with van der Waals surface area (Å²) in [6.45, 7) is 1.96. The predicted octanol–water partition coefficient (Wildman–Crippen LogP) is 5.09. The molecule has 0 saturated carbocycles. The van der Waals surface area contributed by atoms with Crippen molar-refractivity contribution >= 4 is 33.2 Å². The second-order valence-electron chi connectivity index (χ2n) is 6.94. The van der Waals surface area contributed by atoms with Crippen LogP contribution in [0, 0.1) is 6.92 Å². The average Bonchev–Trinajstić information content (AvgIpc) is 3.32. The van der Waals surface area contributed by atoms with Crippen molar-refractivity contribution in [2.75, 3.05) is 0 Å². The molecule has 0 unspecified atom stereocenters. The number of furan rings is 1. The van der Waals surface area contributed by atoms with Gasteiger partial charge in [0.2, 0.25) is 11.4 Å². The molecular weight excluding hydrogens is 362 g/mol. The van der Waals surface area contributed by atoms with Crippen LogP contribution in [0.3, 0.4) is 0 Å². The van der Waals surface area contributed by atoms with E-state index >= 15 is 0 Å². The summed E-state index contributed by atoms with van der Waals surface area (Å²) in [4.78, 5) is 9.36. The SMILES string of the molecule is Cc1ccc2c(n1)oc1c(-c3nc4nnccc4n3-c3ccccc3)cccc12. The van der Waals surface area contributed by atoms with Crippen LogP contribution in [0.4, 0.5) is 0 Å². The van der Waals surface area contributed by atoms with Crippen LogP contribution in [0.15, 0.2) is 77.3 Å². The first-order valence-corrected chi connectivity index (χ1v) is 9.34. The summed E-state index contributed by atoms with van der Waals surface area (Å²) >= 11 is 0. The molecule has 6 rings (SSSR count). The van der Waals surface area contributed by atoms with Gasteiger partial charge in [0.05, 0.1) is 17.3 Å². The molecule has 0 bridgehead atoms. The van der Waals surface area contributed by atoms with Crippen molar-refractivity contribution < 1.29 is 4.42 Å². The molecule has 0 fully saturated rings. The maximum atomic E-state index is 6.21. The Morgan fingerprint density at radius 3 is 2.62 bits per heavy atom. The molecular formula is C23H15N5O. The van der Waals surface area contributed by atoms with Crippen molar-refractivity contribution in [3.63, 3.8) is 0 Å². The van der Waals surface area contributed by atoms with Crippen molar-refractivity contribution in [3.8, 4) is 17.1 Å². The Labute approximate surface area is 165 Å². The summed E-state index contributed by atoms with van der Waals surface area (Å²) in [6, 6.07) is 22.2. The summed E-state index contributed by atoms with van der Waals surface area (Å²) in [5.41, 5.74) is 5.69. The van der Waals surface area contributed by atoms with E-state index in [1.807, 2.05) is 49.4 Å². The van der Waals surface area contributed by atoms with Crippen LogP contribution < -0.4 is 0 Å². The van der Waals surface area contributed by atoms with Crippen molar-refractivity contribution in [1.82, 2.24) is 24.7 Å². The fraction of sp³-hybridized carbons (Fsp3) is 0.0435. The molecule has 0 aliphatic carbocycles. The van der Waals surface area contributed by atoms with Crippen molar-refractivity contribution in [2.45, 2.75) is 6.92 Å². The van der Waals surface area contributed by atoms with Gasteiger partial charge in [-0.2, -0.15) is 5.10 Å². The molecule has 2 aromatic carbocycles. The zero-order valence-corrected chi connectivity index (χ0v) is 15.6. The third kappa shape index (κ3) is 2.36. The van der Waals surface area contributed by atoms with Crippen LogP contribution in [0.25, 0.3) is 50.3 Å². The number of hydrogen-bond donors (Lipinski definition) is 0. The van der Waals surface area contributed by atoms with Gasteiger partial charge < -0.3 is 4.42 Å². The molecule has 138 valence electrons. The number of hydrogen-bond acceptors (Lipinski definition) is 5. The lowest BCUT2D eigenvalue weighted by Crippen LogP contribution is -1.97. The largest absolute Gasteiger partial charge is 0.437 e. The Bertz CT molecular complexity index is 1510. The van der Waals surface area contributed by atoms with Crippen LogP contribution in [0.2, 0.25) is 0 Å². The fourth-order valence-electron chi connectivity index (χ4n) is 3.80. The van der Waals surface area contributed by atoms with Gasteiger partial charge in [-0.15, -0.1) is 5.10 Å². The van der Waals surface area contributed by atoms with E-state index in [0.29, 0.717) is 11.4 Å². The van der Waals surface area contributed by atoms with E-state index < -0.39 is 0 Å². The second kappa shape index (κ2) is 5.97. The van der Waals surface area contributed by atoms with Gasteiger partial charge in [-0.3, -0.25) is 4.57 Å². The van der Waals surface area contributed by atoms with Crippen molar-refractivity contribution in [3.05, 3.63) is 78.6 Å². The normalized spacial score (nSPS) is 11.6. The minimum absolute atomic E-state index is 0.591. The number of para-hydroxylation sites is 2. The summed E-state index contributed by atoms with van der Waals surface area (Å²) in [5, 5.41) is 10.2. The minimum Gasteiger partial charge on any atom is -0.437 e. The van der Waals surface area contributed by atoms with E-state index in [1.54, 1.807) is 6.20 Å². The van der Waals surface area contributed by atoms with E-state index in [4.69, 9.17) is 9.40 Å². The smallest absolute Gasteiger partial charge is 0.227 e. The minimum atomic E-state index is 0.591. The molecule has 0 spiro atoms. The van der Waals surface area contributed by atoms with Gasteiger partial charge in [-0.25, -0.2) is 9.97 Å². The molecule has 6 heteroatoms. The highest BCUT2D eigenvalue weighted by Crippen LogP contribution is 2.36. The maximum absolute atomic E-state index is 6.21. The van der Waals surface area contributed by atoms with Gasteiger partial charge in [-0.1, -0.05) is 30.3 Å². The Hall–Kier alpha value is -4.06. The first-order valence-electron chi connectivity index (χ1n) is 9.34. The molecule has 0 aliphatic heterocycles. The molecule has 0 amide bonds. The highest BCUT2D eigenvalue weighted by atomic mass is 16.3. The third-order valence-corrected chi connectivity index (χ3v) is 5.10. The molecule has 29 heavy (non-hydrogen) atoms. The van der Waals surface area contributed by atoms with Gasteiger partial charge in [0.25, 0.3) is 0 Å². The molecule has 0 saturated heterocycles. The molecule has 0 atom stereocenters. The predicted molar refractivity (Wildman–Crippen MR) is 112 cm³/mol. The third-order valence-electron chi connectivity index (χ3n) is 5.10. The first-order chi connectivity index (χ1) is 14.3. The second-order valence-corrected chi connectivity index (χ2v) is 6.94. The zero-order valence-electron chi connectivity index (χ0n) is 15.6. The average molecular weight is 377 g/mol. The number of benzene rings is 2. The molecule has 6 aromatic rings. The maximum Gasteiger partial charge on any atom is 0.227 e. The number of fused-ring (bicyclic) bond motifs is 4. The Morgan fingerprint density at radius 1 is 0.828 bits per heavy atom. The number of aryl methyl sites for hydroxylation is 1. The van der Waals surface area contributed by atoms with E-state index in [2.05, 4.69) is 44.0 Å². The number of pyridine rings is 1. The van der Waals surface area contributed by atoms with Crippen LogP contribution in [0.5, 0.6) is 0 Å². The number of aromatic nitrogens is 5. The van der Waals surface area contributed by atoms with E-state index in [-0.39, 0.29) is 0 Å². The van der Waals surface area contributed by atoms with Gasteiger partial charge in [0.1, 0.15) is 5.58 Å². The molecule has 4 heterocycles. The van der Waals surface area contributed by atoms with E-state index in [0.717, 1.165) is 44.6 Å². The highest BCUT2D eigenvalue weighted by molar-refractivity contribution is 6.08. The quantitative estimate of drug-likeness (QED) is 0.421. The van der Waals surface area contributed by atoms with Crippen LogP contribution in [0.1, 0.15) is 5.69 Å². The van der Waals surface area contributed by atoms with Crippen molar-refractivity contribution in [2.24, 2.45) is 0 Å². The van der Waals surface area contributed by atoms with Crippen molar-refractivity contribution in [1.29, 1.82) is 0 Å². The topological polar surface area (TPSA) is 69.6 Å². The summed E-state index contributed by atoms with van der Waals surface area (Å²) in [6.07, 6.45) is 1.68. The van der Waals surface area contributed by atoms with E-state index in [9.17, 15) is 0 Å². The summed E-state index contributed by atoms with van der Waals surface area (Å²) in [7, 11) is 0.